The number of hydrogen-bond donors (Lipinski definition) is 0. The minimum Gasteiger partial charge on any atom is -0.261 e. The van der Waals surface area contributed by atoms with Crippen LogP contribution in [0.4, 0.5) is 0 Å². The Balaban J connectivity index is 0.000000810. The van der Waals surface area contributed by atoms with Gasteiger partial charge in [0.2, 0.25) is 0 Å². The Morgan fingerprint density at radius 1 is 1.20 bits per heavy atom. The fraction of sp³-hybridized carbons (Fsp3) is 0.375. The zero-order chi connectivity index (χ0) is 6.85. The summed E-state index contributed by atoms with van der Waals surface area (Å²) in [6.45, 7) is 6.23. The van der Waals surface area contributed by atoms with Crippen LogP contribution in [0.15, 0.2) is 12.3 Å². The monoisotopic (exact) mass is 201 g/mol. The van der Waals surface area contributed by atoms with Crippen LogP contribution in [0.1, 0.15) is 16.8 Å². The van der Waals surface area contributed by atoms with Crippen molar-refractivity contribution in [1.29, 1.82) is 0 Å². The van der Waals surface area contributed by atoms with Gasteiger partial charge in [0, 0.05) is 11.9 Å². The van der Waals surface area contributed by atoms with Crippen LogP contribution in [-0.2, 0) is 0 Å². The van der Waals surface area contributed by atoms with Crippen LogP contribution in [0.3, 0.4) is 0 Å². The van der Waals surface area contributed by atoms with Gasteiger partial charge in [0.1, 0.15) is 0 Å². The fourth-order valence-corrected chi connectivity index (χ4v) is 0.768. The second-order valence-corrected chi connectivity index (χ2v) is 2.34. The van der Waals surface area contributed by atoms with E-state index in [0.29, 0.717) is 0 Å². The van der Waals surface area contributed by atoms with Gasteiger partial charge in [0.15, 0.2) is 0 Å². The van der Waals surface area contributed by atoms with Crippen LogP contribution in [0.25, 0.3) is 0 Å². The Bertz CT molecular complexity index is 200. The molecule has 0 fully saturated rings. The van der Waals surface area contributed by atoms with E-state index >= 15 is 0 Å². The van der Waals surface area contributed by atoms with Crippen LogP contribution >= 0.6 is 17.0 Å². The number of rotatable bonds is 0. The van der Waals surface area contributed by atoms with Crippen LogP contribution < -0.4 is 0 Å². The fourth-order valence-electron chi connectivity index (χ4n) is 0.768. The van der Waals surface area contributed by atoms with Crippen LogP contribution in [0.2, 0.25) is 0 Å². The maximum absolute atomic E-state index is 4.14. The molecule has 1 rings (SSSR count). The van der Waals surface area contributed by atoms with E-state index in [4.69, 9.17) is 0 Å². The van der Waals surface area contributed by atoms with Crippen LogP contribution in [0, 0.1) is 20.8 Å². The van der Waals surface area contributed by atoms with Gasteiger partial charge in [-0.15, -0.1) is 17.0 Å². The molecule has 0 radical (unpaired) electrons. The van der Waals surface area contributed by atoms with Gasteiger partial charge in [-0.3, -0.25) is 4.98 Å². The highest BCUT2D eigenvalue weighted by Crippen LogP contribution is 2.06. The summed E-state index contributed by atoms with van der Waals surface area (Å²) in [6.07, 6.45) is 1.84. The SMILES string of the molecule is Br.Cc1ccnc(C)c1C. The third-order valence-corrected chi connectivity index (χ3v) is 1.73. The van der Waals surface area contributed by atoms with Gasteiger partial charge in [-0.2, -0.15) is 0 Å². The molecule has 1 heterocycles. The van der Waals surface area contributed by atoms with Gasteiger partial charge in [0.25, 0.3) is 0 Å². The average molecular weight is 202 g/mol. The van der Waals surface area contributed by atoms with Crippen LogP contribution in [-0.4, -0.2) is 4.98 Å². The van der Waals surface area contributed by atoms with E-state index in [0.717, 1.165) is 5.69 Å². The molecule has 0 unspecified atom stereocenters. The molecule has 0 bridgehead atoms. The van der Waals surface area contributed by atoms with Crippen molar-refractivity contribution in [2.24, 2.45) is 0 Å². The largest absolute Gasteiger partial charge is 0.261 e. The van der Waals surface area contributed by atoms with Crippen molar-refractivity contribution >= 4 is 17.0 Å². The summed E-state index contributed by atoms with van der Waals surface area (Å²) in [6, 6.07) is 2.03. The summed E-state index contributed by atoms with van der Waals surface area (Å²) < 4.78 is 0. The van der Waals surface area contributed by atoms with Gasteiger partial charge in [-0.05, 0) is 38.0 Å². The molecular weight excluding hydrogens is 190 g/mol. The minimum absolute atomic E-state index is 0. The van der Waals surface area contributed by atoms with E-state index in [9.17, 15) is 0 Å². The maximum atomic E-state index is 4.14. The number of halogens is 1. The van der Waals surface area contributed by atoms with E-state index in [1.165, 1.54) is 11.1 Å². The number of nitrogens with zero attached hydrogens (tertiary/aromatic N) is 1. The lowest BCUT2D eigenvalue weighted by Crippen LogP contribution is -1.87. The van der Waals surface area contributed by atoms with Crippen molar-refractivity contribution in [1.82, 2.24) is 4.98 Å². The maximum Gasteiger partial charge on any atom is 0.0404 e. The zero-order valence-corrected chi connectivity index (χ0v) is 8.22. The van der Waals surface area contributed by atoms with E-state index in [2.05, 4.69) is 18.8 Å². The Morgan fingerprint density at radius 2 is 1.80 bits per heavy atom. The molecule has 0 saturated heterocycles. The Labute approximate surface area is 72.3 Å². The molecular formula is C8H12BrN. The first kappa shape index (κ1) is 9.63. The molecule has 0 saturated carbocycles. The third kappa shape index (κ3) is 1.81. The lowest BCUT2D eigenvalue weighted by molar-refractivity contribution is 1.12. The van der Waals surface area contributed by atoms with Crippen molar-refractivity contribution in [3.8, 4) is 0 Å². The first-order valence-electron chi connectivity index (χ1n) is 3.10. The van der Waals surface area contributed by atoms with E-state index in [1.54, 1.807) is 0 Å². The quantitative estimate of drug-likeness (QED) is 0.630. The standard InChI is InChI=1S/C8H11N.BrH/c1-6-4-5-9-8(3)7(6)2;/h4-5H,1-3H3;1H. The number of hydrogen-bond acceptors (Lipinski definition) is 1. The van der Waals surface area contributed by atoms with Gasteiger partial charge >= 0.3 is 0 Å². The Hall–Kier alpha value is -0.370. The summed E-state index contributed by atoms with van der Waals surface area (Å²) in [5.41, 5.74) is 3.76. The van der Waals surface area contributed by atoms with Crippen molar-refractivity contribution in [3.05, 3.63) is 29.1 Å². The summed E-state index contributed by atoms with van der Waals surface area (Å²) in [4.78, 5) is 4.14. The smallest absolute Gasteiger partial charge is 0.0404 e. The number of aromatic nitrogens is 1. The minimum atomic E-state index is 0. The Kier molecular flexibility index (Phi) is 3.58. The van der Waals surface area contributed by atoms with Crippen LogP contribution in [0.5, 0.6) is 0 Å². The summed E-state index contributed by atoms with van der Waals surface area (Å²) in [5, 5.41) is 0. The predicted molar refractivity (Wildman–Crippen MR) is 48.8 cm³/mol. The van der Waals surface area contributed by atoms with Crippen molar-refractivity contribution < 1.29 is 0 Å². The number of aryl methyl sites for hydroxylation is 2. The normalized spacial score (nSPS) is 8.70. The van der Waals surface area contributed by atoms with E-state index < -0.39 is 0 Å². The first-order chi connectivity index (χ1) is 4.22. The molecule has 0 spiro atoms. The van der Waals surface area contributed by atoms with Crippen molar-refractivity contribution in [3.63, 3.8) is 0 Å². The summed E-state index contributed by atoms with van der Waals surface area (Å²) in [5.74, 6) is 0. The molecule has 0 amide bonds. The first-order valence-corrected chi connectivity index (χ1v) is 3.10. The van der Waals surface area contributed by atoms with Gasteiger partial charge in [-0.25, -0.2) is 0 Å². The molecule has 0 aliphatic carbocycles. The second kappa shape index (κ2) is 3.71. The molecule has 1 aromatic heterocycles. The van der Waals surface area contributed by atoms with Crippen molar-refractivity contribution in [2.75, 3.05) is 0 Å². The number of pyridine rings is 1. The van der Waals surface area contributed by atoms with Gasteiger partial charge < -0.3 is 0 Å². The molecule has 0 aliphatic rings. The average Bonchev–Trinajstić information content (AvgIpc) is 1.83. The Morgan fingerprint density at radius 3 is 2.20 bits per heavy atom. The molecule has 0 aliphatic heterocycles. The summed E-state index contributed by atoms with van der Waals surface area (Å²) in [7, 11) is 0. The zero-order valence-electron chi connectivity index (χ0n) is 6.51. The van der Waals surface area contributed by atoms with Crippen molar-refractivity contribution in [2.45, 2.75) is 20.8 Å². The molecule has 56 valence electrons. The summed E-state index contributed by atoms with van der Waals surface area (Å²) >= 11 is 0. The molecule has 0 aromatic carbocycles. The molecule has 1 aromatic rings. The topological polar surface area (TPSA) is 12.9 Å². The lowest BCUT2D eigenvalue weighted by Gasteiger charge is -1.99. The highest BCUT2D eigenvalue weighted by atomic mass is 79.9. The third-order valence-electron chi connectivity index (χ3n) is 1.73. The highest BCUT2D eigenvalue weighted by Gasteiger charge is 1.93. The highest BCUT2D eigenvalue weighted by molar-refractivity contribution is 8.93. The molecule has 0 atom stereocenters. The van der Waals surface area contributed by atoms with E-state index in [1.807, 2.05) is 19.2 Å². The molecule has 0 N–H and O–H groups in total. The van der Waals surface area contributed by atoms with Gasteiger partial charge in [0.05, 0.1) is 0 Å². The molecule has 1 nitrogen and oxygen atoms in total. The lowest BCUT2D eigenvalue weighted by atomic mass is 10.1. The second-order valence-electron chi connectivity index (χ2n) is 2.34. The molecule has 10 heavy (non-hydrogen) atoms. The van der Waals surface area contributed by atoms with E-state index in [-0.39, 0.29) is 17.0 Å². The molecule has 2 heteroatoms. The van der Waals surface area contributed by atoms with Gasteiger partial charge in [-0.1, -0.05) is 0 Å². The predicted octanol–water partition coefficient (Wildman–Crippen LogP) is 2.58.